The summed E-state index contributed by atoms with van der Waals surface area (Å²) in [6.45, 7) is 2.16. The molecular weight excluding hydrogens is 253 g/mol. The second-order valence-corrected chi connectivity index (χ2v) is 4.76. The molecule has 0 aliphatic carbocycles. The molecule has 0 saturated heterocycles. The summed E-state index contributed by atoms with van der Waals surface area (Å²) in [6.07, 6.45) is 3.38. The van der Waals surface area contributed by atoms with Crippen LogP contribution in [0.1, 0.15) is 35.7 Å². The summed E-state index contributed by atoms with van der Waals surface area (Å²) >= 11 is 0. The first-order valence-electron chi connectivity index (χ1n) is 6.85. The molecule has 0 aromatic heterocycles. The number of hydrogen-bond acceptors (Lipinski definition) is 1. The van der Waals surface area contributed by atoms with E-state index in [1.807, 2.05) is 24.3 Å². The van der Waals surface area contributed by atoms with E-state index in [2.05, 4.69) is 12.2 Å². The van der Waals surface area contributed by atoms with E-state index in [1.54, 1.807) is 6.07 Å². The topological polar surface area (TPSA) is 29.1 Å². The highest BCUT2D eigenvalue weighted by molar-refractivity contribution is 6.04. The molecule has 1 amide bonds. The Morgan fingerprint density at radius 3 is 2.55 bits per heavy atom. The van der Waals surface area contributed by atoms with E-state index in [-0.39, 0.29) is 5.91 Å². The van der Waals surface area contributed by atoms with Crippen molar-refractivity contribution < 1.29 is 9.18 Å². The van der Waals surface area contributed by atoms with Crippen LogP contribution in [-0.2, 0) is 6.42 Å². The fraction of sp³-hybridized carbons (Fsp3) is 0.235. The predicted molar refractivity (Wildman–Crippen MR) is 79.4 cm³/mol. The Morgan fingerprint density at radius 1 is 1.15 bits per heavy atom. The van der Waals surface area contributed by atoms with E-state index in [0.29, 0.717) is 5.56 Å². The lowest BCUT2D eigenvalue weighted by molar-refractivity contribution is 0.102. The van der Waals surface area contributed by atoms with Crippen molar-refractivity contribution in [3.8, 4) is 0 Å². The van der Waals surface area contributed by atoms with Crippen LogP contribution in [0.3, 0.4) is 0 Å². The molecule has 0 aliphatic rings. The van der Waals surface area contributed by atoms with Crippen LogP contribution >= 0.6 is 0 Å². The van der Waals surface area contributed by atoms with Gasteiger partial charge in [0.25, 0.3) is 5.91 Å². The van der Waals surface area contributed by atoms with Gasteiger partial charge in [0.2, 0.25) is 0 Å². The zero-order valence-corrected chi connectivity index (χ0v) is 11.5. The first kappa shape index (κ1) is 14.3. The fourth-order valence-corrected chi connectivity index (χ4v) is 1.97. The molecule has 2 aromatic rings. The lowest BCUT2D eigenvalue weighted by atomic mass is 10.1. The first-order valence-corrected chi connectivity index (χ1v) is 6.85. The van der Waals surface area contributed by atoms with Crippen LogP contribution in [0, 0.1) is 5.82 Å². The second kappa shape index (κ2) is 6.85. The highest BCUT2D eigenvalue weighted by Crippen LogP contribution is 2.13. The van der Waals surface area contributed by atoms with Crippen LogP contribution in [0.5, 0.6) is 0 Å². The average Bonchev–Trinajstić information content (AvgIpc) is 2.46. The number of hydrogen-bond donors (Lipinski definition) is 1. The molecule has 2 rings (SSSR count). The molecule has 0 spiro atoms. The van der Waals surface area contributed by atoms with Crippen molar-refractivity contribution in [1.29, 1.82) is 0 Å². The number of amides is 1. The van der Waals surface area contributed by atoms with E-state index in [1.165, 1.54) is 23.8 Å². The maximum absolute atomic E-state index is 13.1. The summed E-state index contributed by atoms with van der Waals surface area (Å²) in [5.74, 6) is -0.710. The van der Waals surface area contributed by atoms with Crippen LogP contribution in [0.25, 0.3) is 0 Å². The lowest BCUT2D eigenvalue weighted by Crippen LogP contribution is -2.11. The van der Waals surface area contributed by atoms with Crippen LogP contribution in [0.4, 0.5) is 10.1 Å². The fourth-order valence-electron chi connectivity index (χ4n) is 1.97. The molecule has 0 radical (unpaired) electrons. The minimum absolute atomic E-state index is 0.300. The zero-order valence-electron chi connectivity index (χ0n) is 11.5. The Morgan fingerprint density at radius 2 is 1.90 bits per heavy atom. The average molecular weight is 271 g/mol. The SMILES string of the molecule is CCCCc1ccc(NC(=O)c2cccc(F)c2)cc1. The van der Waals surface area contributed by atoms with Crippen molar-refractivity contribution >= 4 is 11.6 Å². The number of anilines is 1. The third kappa shape index (κ3) is 3.92. The van der Waals surface area contributed by atoms with Crippen molar-refractivity contribution in [3.05, 3.63) is 65.5 Å². The van der Waals surface area contributed by atoms with Crippen molar-refractivity contribution in [3.63, 3.8) is 0 Å². The monoisotopic (exact) mass is 271 g/mol. The van der Waals surface area contributed by atoms with Gasteiger partial charge in [-0.05, 0) is 48.7 Å². The van der Waals surface area contributed by atoms with E-state index in [9.17, 15) is 9.18 Å². The van der Waals surface area contributed by atoms with Gasteiger partial charge in [-0.3, -0.25) is 4.79 Å². The summed E-state index contributed by atoms with van der Waals surface area (Å²) in [5.41, 5.74) is 2.30. The molecule has 0 aliphatic heterocycles. The minimum atomic E-state index is -0.410. The van der Waals surface area contributed by atoms with Gasteiger partial charge in [0.15, 0.2) is 0 Å². The summed E-state index contributed by atoms with van der Waals surface area (Å²) in [4.78, 5) is 11.9. The largest absolute Gasteiger partial charge is 0.322 e. The maximum Gasteiger partial charge on any atom is 0.255 e. The normalized spacial score (nSPS) is 10.3. The molecule has 0 unspecified atom stereocenters. The van der Waals surface area contributed by atoms with E-state index in [0.717, 1.165) is 24.9 Å². The Bertz CT molecular complexity index is 578. The van der Waals surface area contributed by atoms with Crippen LogP contribution in [0.15, 0.2) is 48.5 Å². The number of aryl methyl sites for hydroxylation is 1. The van der Waals surface area contributed by atoms with Gasteiger partial charge in [0.05, 0.1) is 0 Å². The Labute approximate surface area is 118 Å². The van der Waals surface area contributed by atoms with Crippen molar-refractivity contribution in [2.24, 2.45) is 0 Å². The summed E-state index contributed by atoms with van der Waals surface area (Å²) in [5, 5.41) is 2.76. The predicted octanol–water partition coefficient (Wildman–Crippen LogP) is 4.42. The van der Waals surface area contributed by atoms with Gasteiger partial charge in [0.1, 0.15) is 5.82 Å². The maximum atomic E-state index is 13.1. The molecule has 20 heavy (non-hydrogen) atoms. The number of unbranched alkanes of at least 4 members (excludes halogenated alkanes) is 1. The number of carbonyl (C=O) groups excluding carboxylic acids is 1. The lowest BCUT2D eigenvalue weighted by Gasteiger charge is -2.06. The zero-order chi connectivity index (χ0) is 14.4. The van der Waals surface area contributed by atoms with Gasteiger partial charge in [-0.2, -0.15) is 0 Å². The first-order chi connectivity index (χ1) is 9.69. The summed E-state index contributed by atoms with van der Waals surface area (Å²) in [7, 11) is 0. The van der Waals surface area contributed by atoms with Gasteiger partial charge in [0, 0.05) is 11.3 Å². The van der Waals surface area contributed by atoms with Gasteiger partial charge >= 0.3 is 0 Å². The van der Waals surface area contributed by atoms with Crippen molar-refractivity contribution in [2.75, 3.05) is 5.32 Å². The molecule has 0 atom stereocenters. The molecule has 104 valence electrons. The number of benzene rings is 2. The van der Waals surface area contributed by atoms with Gasteiger partial charge in [-0.15, -0.1) is 0 Å². The van der Waals surface area contributed by atoms with E-state index >= 15 is 0 Å². The minimum Gasteiger partial charge on any atom is -0.322 e. The van der Waals surface area contributed by atoms with Gasteiger partial charge < -0.3 is 5.32 Å². The number of halogens is 1. The van der Waals surface area contributed by atoms with Crippen LogP contribution in [0.2, 0.25) is 0 Å². The van der Waals surface area contributed by atoms with Gasteiger partial charge in [-0.25, -0.2) is 4.39 Å². The molecule has 0 heterocycles. The van der Waals surface area contributed by atoms with Crippen LogP contribution < -0.4 is 5.32 Å². The highest BCUT2D eigenvalue weighted by atomic mass is 19.1. The molecule has 0 fully saturated rings. The summed E-state index contributed by atoms with van der Waals surface area (Å²) in [6, 6.07) is 13.4. The van der Waals surface area contributed by atoms with Crippen molar-refractivity contribution in [1.82, 2.24) is 0 Å². The molecule has 3 heteroatoms. The smallest absolute Gasteiger partial charge is 0.255 e. The molecule has 1 N–H and O–H groups in total. The Kier molecular flexibility index (Phi) is 4.88. The number of nitrogens with one attached hydrogen (secondary N) is 1. The van der Waals surface area contributed by atoms with E-state index in [4.69, 9.17) is 0 Å². The third-order valence-corrected chi connectivity index (χ3v) is 3.12. The Hall–Kier alpha value is -2.16. The molecule has 0 saturated carbocycles. The quantitative estimate of drug-likeness (QED) is 0.856. The number of carbonyl (C=O) groups is 1. The Balaban J connectivity index is 2.01. The van der Waals surface area contributed by atoms with Gasteiger partial charge in [-0.1, -0.05) is 31.5 Å². The molecule has 0 bridgehead atoms. The second-order valence-electron chi connectivity index (χ2n) is 4.76. The van der Waals surface area contributed by atoms with Crippen LogP contribution in [-0.4, -0.2) is 5.91 Å². The summed E-state index contributed by atoms with van der Waals surface area (Å²) < 4.78 is 13.1. The molecule has 2 nitrogen and oxygen atoms in total. The van der Waals surface area contributed by atoms with E-state index < -0.39 is 5.82 Å². The third-order valence-electron chi connectivity index (χ3n) is 3.12. The molecular formula is C17H18FNO. The van der Waals surface area contributed by atoms with Crippen molar-refractivity contribution in [2.45, 2.75) is 26.2 Å². The standard InChI is InChI=1S/C17H18FNO/c1-2-3-5-13-8-10-16(11-9-13)19-17(20)14-6-4-7-15(18)12-14/h4,6-12H,2-3,5H2,1H3,(H,19,20). The number of rotatable bonds is 5. The highest BCUT2D eigenvalue weighted by Gasteiger charge is 2.06. The molecule has 2 aromatic carbocycles.